The number of amides is 1. The zero-order valence-corrected chi connectivity index (χ0v) is 16.2. The number of fused-ring (bicyclic) bond motifs is 2. The van der Waals surface area contributed by atoms with Gasteiger partial charge in [0.05, 0.1) is 22.3 Å². The van der Waals surface area contributed by atoms with Crippen molar-refractivity contribution in [1.82, 2.24) is 15.0 Å². The van der Waals surface area contributed by atoms with Crippen molar-refractivity contribution in [3.63, 3.8) is 0 Å². The summed E-state index contributed by atoms with van der Waals surface area (Å²) in [6.07, 6.45) is 3.67. The van der Waals surface area contributed by atoms with Gasteiger partial charge in [0.2, 0.25) is 5.91 Å². The number of aromatic nitrogens is 3. The lowest BCUT2D eigenvalue weighted by atomic mass is 10.3. The van der Waals surface area contributed by atoms with Gasteiger partial charge in [-0.2, -0.15) is 0 Å². The molecular weight excluding hydrogens is 396 g/mol. The second-order valence-electron chi connectivity index (χ2n) is 6.09. The Balaban J connectivity index is 1.30. The van der Waals surface area contributed by atoms with Crippen LogP contribution in [0, 0.1) is 0 Å². The van der Waals surface area contributed by atoms with E-state index in [0.717, 1.165) is 26.5 Å². The summed E-state index contributed by atoms with van der Waals surface area (Å²) in [5, 5.41) is 6.15. The molecule has 0 fully saturated rings. The summed E-state index contributed by atoms with van der Waals surface area (Å²) in [7, 11) is 0. The van der Waals surface area contributed by atoms with Crippen LogP contribution in [-0.4, -0.2) is 34.1 Å². The Kier molecular flexibility index (Phi) is 4.38. The van der Waals surface area contributed by atoms with Gasteiger partial charge in [0.25, 0.3) is 0 Å². The molecule has 1 aliphatic rings. The summed E-state index contributed by atoms with van der Waals surface area (Å²) in [6.45, 7) is 1.07. The Morgan fingerprint density at radius 2 is 2.04 bits per heavy atom. The highest BCUT2D eigenvalue weighted by molar-refractivity contribution is 7.22. The summed E-state index contributed by atoms with van der Waals surface area (Å²) in [5.41, 5.74) is 2.44. The van der Waals surface area contributed by atoms with Crippen molar-refractivity contribution in [2.75, 3.05) is 18.5 Å². The van der Waals surface area contributed by atoms with Gasteiger partial charge in [-0.25, -0.2) is 9.97 Å². The molecule has 0 spiro atoms. The van der Waals surface area contributed by atoms with Crippen molar-refractivity contribution in [1.29, 1.82) is 0 Å². The SMILES string of the molecule is O=C(Cc1csc(-c2cccnc2)n1)Nc1nc2cc3c(cc2s1)OCCO3. The fourth-order valence-electron chi connectivity index (χ4n) is 2.86. The Hall–Kier alpha value is -3.04. The van der Waals surface area contributed by atoms with E-state index in [1.165, 1.54) is 22.7 Å². The predicted molar refractivity (Wildman–Crippen MR) is 108 cm³/mol. The third-order valence-electron chi connectivity index (χ3n) is 4.10. The number of ether oxygens (including phenoxy) is 2. The molecule has 0 radical (unpaired) electrons. The Labute approximate surface area is 168 Å². The van der Waals surface area contributed by atoms with Crippen LogP contribution in [0.3, 0.4) is 0 Å². The Bertz CT molecular complexity index is 1110. The monoisotopic (exact) mass is 410 g/mol. The van der Waals surface area contributed by atoms with Crippen LogP contribution in [-0.2, 0) is 11.2 Å². The van der Waals surface area contributed by atoms with Crippen LogP contribution < -0.4 is 14.8 Å². The van der Waals surface area contributed by atoms with Crippen LogP contribution in [0.5, 0.6) is 11.5 Å². The largest absolute Gasteiger partial charge is 0.486 e. The molecule has 28 heavy (non-hydrogen) atoms. The van der Waals surface area contributed by atoms with E-state index in [2.05, 4.69) is 20.3 Å². The number of pyridine rings is 1. The molecular formula is C19H14N4O3S2. The number of nitrogens with one attached hydrogen (secondary N) is 1. The zero-order chi connectivity index (χ0) is 18.9. The number of carbonyl (C=O) groups is 1. The van der Waals surface area contributed by atoms with E-state index in [1.54, 1.807) is 12.4 Å². The van der Waals surface area contributed by atoms with E-state index in [-0.39, 0.29) is 12.3 Å². The fraction of sp³-hybridized carbons (Fsp3) is 0.158. The minimum atomic E-state index is -0.153. The van der Waals surface area contributed by atoms with Gasteiger partial charge in [0.15, 0.2) is 16.6 Å². The first kappa shape index (κ1) is 17.1. The highest BCUT2D eigenvalue weighted by atomic mass is 32.1. The molecule has 9 heteroatoms. The summed E-state index contributed by atoms with van der Waals surface area (Å²) >= 11 is 2.90. The van der Waals surface area contributed by atoms with Crippen molar-refractivity contribution in [2.24, 2.45) is 0 Å². The normalized spacial score (nSPS) is 12.9. The van der Waals surface area contributed by atoms with Crippen LogP contribution in [0.15, 0.2) is 42.0 Å². The quantitative estimate of drug-likeness (QED) is 0.551. The Morgan fingerprint density at radius 1 is 1.18 bits per heavy atom. The van der Waals surface area contributed by atoms with E-state index >= 15 is 0 Å². The number of carbonyl (C=O) groups excluding carboxylic acids is 1. The highest BCUT2D eigenvalue weighted by Crippen LogP contribution is 2.37. The van der Waals surface area contributed by atoms with Crippen LogP contribution in [0.1, 0.15) is 5.69 Å². The van der Waals surface area contributed by atoms with Crippen LogP contribution in [0.4, 0.5) is 5.13 Å². The first-order valence-corrected chi connectivity index (χ1v) is 10.3. The van der Waals surface area contributed by atoms with E-state index in [4.69, 9.17) is 9.47 Å². The highest BCUT2D eigenvalue weighted by Gasteiger charge is 2.16. The maximum absolute atomic E-state index is 12.4. The topological polar surface area (TPSA) is 86.2 Å². The molecule has 4 heterocycles. The molecule has 140 valence electrons. The third-order valence-corrected chi connectivity index (χ3v) is 5.97. The molecule has 0 unspecified atom stereocenters. The molecule has 0 saturated heterocycles. The molecule has 1 aliphatic heterocycles. The van der Waals surface area contributed by atoms with Crippen LogP contribution >= 0.6 is 22.7 Å². The average Bonchev–Trinajstić information content (AvgIpc) is 3.32. The van der Waals surface area contributed by atoms with Crippen LogP contribution in [0.25, 0.3) is 20.8 Å². The maximum Gasteiger partial charge on any atom is 0.232 e. The van der Waals surface area contributed by atoms with Gasteiger partial charge in [-0.1, -0.05) is 11.3 Å². The number of anilines is 1. The minimum Gasteiger partial charge on any atom is -0.486 e. The average molecular weight is 410 g/mol. The Morgan fingerprint density at radius 3 is 2.86 bits per heavy atom. The minimum absolute atomic E-state index is 0.153. The number of thiazole rings is 2. The van der Waals surface area contributed by atoms with Crippen molar-refractivity contribution in [2.45, 2.75) is 6.42 Å². The summed E-state index contributed by atoms with van der Waals surface area (Å²) < 4.78 is 12.1. The summed E-state index contributed by atoms with van der Waals surface area (Å²) in [6, 6.07) is 7.56. The number of nitrogens with zero attached hydrogens (tertiary/aromatic N) is 3. The van der Waals surface area contributed by atoms with Crippen molar-refractivity contribution < 1.29 is 14.3 Å². The summed E-state index contributed by atoms with van der Waals surface area (Å²) in [4.78, 5) is 25.5. The van der Waals surface area contributed by atoms with E-state index in [9.17, 15) is 4.79 Å². The maximum atomic E-state index is 12.4. The van der Waals surface area contributed by atoms with Gasteiger partial charge in [0, 0.05) is 35.5 Å². The third kappa shape index (κ3) is 3.41. The van der Waals surface area contributed by atoms with Gasteiger partial charge in [-0.15, -0.1) is 11.3 Å². The summed E-state index contributed by atoms with van der Waals surface area (Å²) in [5.74, 6) is 1.25. The van der Waals surface area contributed by atoms with Gasteiger partial charge in [-0.3, -0.25) is 9.78 Å². The molecule has 0 aliphatic carbocycles. The van der Waals surface area contributed by atoms with Crippen molar-refractivity contribution in [3.05, 3.63) is 47.7 Å². The van der Waals surface area contributed by atoms with Gasteiger partial charge < -0.3 is 14.8 Å². The lowest BCUT2D eigenvalue weighted by Gasteiger charge is -2.17. The smallest absolute Gasteiger partial charge is 0.232 e. The van der Waals surface area contributed by atoms with Crippen molar-refractivity contribution >= 4 is 43.9 Å². The molecule has 1 aromatic carbocycles. The lowest BCUT2D eigenvalue weighted by Crippen LogP contribution is -2.15. The predicted octanol–water partition coefficient (Wildman–Crippen LogP) is 3.77. The molecule has 5 rings (SSSR count). The molecule has 0 bridgehead atoms. The van der Waals surface area contributed by atoms with Crippen LogP contribution in [0.2, 0.25) is 0 Å². The number of benzene rings is 1. The second kappa shape index (κ2) is 7.17. The standard InChI is InChI=1S/C19H14N4O3S2/c24-17(6-12-10-27-18(21-12)11-2-1-3-20-9-11)23-19-22-13-7-14-15(8-16(13)28-19)26-5-4-25-14/h1-3,7-10H,4-6H2,(H,22,23,24). The van der Waals surface area contributed by atoms with Gasteiger partial charge in [0.1, 0.15) is 18.2 Å². The molecule has 3 aromatic heterocycles. The first-order chi connectivity index (χ1) is 13.7. The molecule has 0 atom stereocenters. The second-order valence-corrected chi connectivity index (χ2v) is 7.98. The van der Waals surface area contributed by atoms with Gasteiger partial charge in [-0.05, 0) is 12.1 Å². The molecule has 1 amide bonds. The number of rotatable bonds is 4. The van der Waals surface area contributed by atoms with E-state index < -0.39 is 0 Å². The van der Waals surface area contributed by atoms with Gasteiger partial charge >= 0.3 is 0 Å². The zero-order valence-electron chi connectivity index (χ0n) is 14.5. The number of hydrogen-bond acceptors (Lipinski definition) is 8. The van der Waals surface area contributed by atoms with E-state index in [0.29, 0.717) is 29.8 Å². The number of hydrogen-bond donors (Lipinski definition) is 1. The van der Waals surface area contributed by atoms with E-state index in [1.807, 2.05) is 29.6 Å². The van der Waals surface area contributed by atoms with Crippen molar-refractivity contribution in [3.8, 4) is 22.1 Å². The fourth-order valence-corrected chi connectivity index (χ4v) is 4.56. The molecule has 4 aromatic rings. The first-order valence-electron chi connectivity index (χ1n) is 8.59. The molecule has 7 nitrogen and oxygen atoms in total. The molecule has 1 N–H and O–H groups in total. The molecule has 0 saturated carbocycles. The lowest BCUT2D eigenvalue weighted by molar-refractivity contribution is -0.115.